The van der Waals surface area contributed by atoms with Crippen molar-refractivity contribution in [2.24, 2.45) is 0 Å². The van der Waals surface area contributed by atoms with Gasteiger partial charge in [-0.15, -0.1) is 0 Å². The molecule has 0 radical (unpaired) electrons. The van der Waals surface area contributed by atoms with Gasteiger partial charge >= 0.3 is 0 Å². The van der Waals surface area contributed by atoms with E-state index in [1.807, 2.05) is 16.7 Å². The number of aromatic nitrogens is 4. The number of pyridine rings is 1. The van der Waals surface area contributed by atoms with E-state index in [0.717, 1.165) is 17.0 Å². The summed E-state index contributed by atoms with van der Waals surface area (Å²) in [5, 5.41) is 3.68. The van der Waals surface area contributed by atoms with Gasteiger partial charge in [0.25, 0.3) is 0 Å². The van der Waals surface area contributed by atoms with Crippen molar-refractivity contribution in [2.75, 3.05) is 5.73 Å². The van der Waals surface area contributed by atoms with Crippen LogP contribution >= 0.6 is 0 Å². The maximum Gasteiger partial charge on any atom is 0.156 e. The van der Waals surface area contributed by atoms with Gasteiger partial charge in [0.2, 0.25) is 0 Å². The first kappa shape index (κ1) is 10.5. The number of hydrogen-bond acceptors (Lipinski definition) is 5. The third kappa shape index (κ3) is 1.95. The number of nitrogens with two attached hydrogens (primary N) is 1. The average Bonchev–Trinajstić information content (AvgIpc) is 3.02. The van der Waals surface area contributed by atoms with Gasteiger partial charge in [-0.3, -0.25) is 0 Å². The molecule has 0 fully saturated rings. The van der Waals surface area contributed by atoms with Crippen molar-refractivity contribution in [2.45, 2.75) is 6.54 Å². The highest BCUT2D eigenvalue weighted by Gasteiger charge is 2.07. The Bertz CT molecular complexity index is 627. The smallest absolute Gasteiger partial charge is 0.156 e. The van der Waals surface area contributed by atoms with E-state index >= 15 is 0 Å². The molecular weight excluding hydrogens is 230 g/mol. The van der Waals surface area contributed by atoms with Gasteiger partial charge in [-0.1, -0.05) is 5.16 Å². The molecule has 18 heavy (non-hydrogen) atoms. The quantitative estimate of drug-likeness (QED) is 0.752. The lowest BCUT2D eigenvalue weighted by atomic mass is 10.2. The summed E-state index contributed by atoms with van der Waals surface area (Å²) in [7, 11) is 0. The van der Waals surface area contributed by atoms with Gasteiger partial charge < -0.3 is 14.8 Å². The molecule has 0 aliphatic heterocycles. The molecule has 3 aromatic heterocycles. The van der Waals surface area contributed by atoms with Crippen molar-refractivity contribution in [1.82, 2.24) is 19.7 Å². The zero-order chi connectivity index (χ0) is 12.4. The Kier molecular flexibility index (Phi) is 2.53. The molecule has 0 aliphatic carbocycles. The molecule has 0 amide bonds. The summed E-state index contributed by atoms with van der Waals surface area (Å²) in [5.41, 5.74) is 7.49. The minimum atomic E-state index is 0.500. The highest BCUT2D eigenvalue weighted by molar-refractivity contribution is 5.59. The van der Waals surface area contributed by atoms with Gasteiger partial charge in [0, 0.05) is 17.8 Å². The average molecular weight is 241 g/mol. The van der Waals surface area contributed by atoms with Crippen LogP contribution in [-0.4, -0.2) is 19.7 Å². The Labute approximate surface area is 103 Å². The lowest BCUT2D eigenvalue weighted by Crippen LogP contribution is -1.99. The SMILES string of the molecule is Nc1ccc(-c2cncn2Cc2ccno2)cn1. The van der Waals surface area contributed by atoms with Crippen molar-refractivity contribution in [3.05, 3.63) is 48.9 Å². The minimum absolute atomic E-state index is 0.500. The molecule has 0 spiro atoms. The topological polar surface area (TPSA) is 82.8 Å². The summed E-state index contributed by atoms with van der Waals surface area (Å²) in [6.07, 6.45) is 6.87. The van der Waals surface area contributed by atoms with E-state index in [-0.39, 0.29) is 0 Å². The third-order valence-corrected chi connectivity index (χ3v) is 2.61. The van der Waals surface area contributed by atoms with Crippen molar-refractivity contribution in [3.8, 4) is 11.3 Å². The first-order valence-electron chi connectivity index (χ1n) is 5.44. The van der Waals surface area contributed by atoms with Crippen LogP contribution in [0.2, 0.25) is 0 Å². The van der Waals surface area contributed by atoms with E-state index in [0.29, 0.717) is 12.4 Å². The van der Waals surface area contributed by atoms with Gasteiger partial charge in [0.05, 0.1) is 31.0 Å². The van der Waals surface area contributed by atoms with Crippen LogP contribution in [0.15, 0.2) is 47.6 Å². The number of nitrogen functional groups attached to an aromatic ring is 1. The highest BCUT2D eigenvalue weighted by Crippen LogP contribution is 2.19. The van der Waals surface area contributed by atoms with E-state index in [4.69, 9.17) is 10.3 Å². The summed E-state index contributed by atoms with van der Waals surface area (Å²) in [6, 6.07) is 5.50. The first-order valence-corrected chi connectivity index (χ1v) is 5.44. The summed E-state index contributed by atoms with van der Waals surface area (Å²) < 4.78 is 7.05. The zero-order valence-corrected chi connectivity index (χ0v) is 9.52. The standard InChI is InChI=1S/C12H11N5O/c13-12-2-1-9(5-15-12)11-6-14-8-17(11)7-10-3-4-16-18-10/h1-6,8H,7H2,(H2,13,15). The van der Waals surface area contributed by atoms with Crippen LogP contribution in [0.3, 0.4) is 0 Å². The summed E-state index contributed by atoms with van der Waals surface area (Å²) in [4.78, 5) is 8.22. The second-order valence-corrected chi connectivity index (χ2v) is 3.86. The number of imidazole rings is 1. The largest absolute Gasteiger partial charge is 0.384 e. The van der Waals surface area contributed by atoms with Gasteiger partial charge in [-0.2, -0.15) is 0 Å². The second-order valence-electron chi connectivity index (χ2n) is 3.86. The van der Waals surface area contributed by atoms with Gasteiger partial charge in [0.1, 0.15) is 5.82 Å². The Hall–Kier alpha value is -2.63. The molecule has 0 atom stereocenters. The monoisotopic (exact) mass is 241 g/mol. The minimum Gasteiger partial charge on any atom is -0.384 e. The maximum absolute atomic E-state index is 5.57. The summed E-state index contributed by atoms with van der Waals surface area (Å²) in [6.45, 7) is 0.583. The molecule has 0 saturated carbocycles. The maximum atomic E-state index is 5.57. The molecule has 0 aromatic carbocycles. The lowest BCUT2D eigenvalue weighted by Gasteiger charge is -2.05. The molecule has 6 heteroatoms. The first-order chi connectivity index (χ1) is 8.83. The van der Waals surface area contributed by atoms with Gasteiger partial charge in [-0.05, 0) is 12.1 Å². The number of anilines is 1. The third-order valence-electron chi connectivity index (χ3n) is 2.61. The Balaban J connectivity index is 1.94. The van der Waals surface area contributed by atoms with Crippen LogP contribution in [0.4, 0.5) is 5.82 Å². The second kappa shape index (κ2) is 4.33. The number of hydrogen-bond donors (Lipinski definition) is 1. The zero-order valence-electron chi connectivity index (χ0n) is 9.52. The molecule has 3 heterocycles. The lowest BCUT2D eigenvalue weighted by molar-refractivity contribution is 0.377. The van der Waals surface area contributed by atoms with Crippen molar-refractivity contribution in [3.63, 3.8) is 0 Å². The predicted octanol–water partition coefficient (Wildman–Crippen LogP) is 1.56. The van der Waals surface area contributed by atoms with Crippen LogP contribution in [-0.2, 0) is 6.54 Å². The Morgan fingerprint density at radius 2 is 2.17 bits per heavy atom. The highest BCUT2D eigenvalue weighted by atomic mass is 16.5. The molecule has 3 rings (SSSR count). The molecule has 90 valence electrons. The molecule has 3 aromatic rings. The molecule has 0 saturated heterocycles. The van der Waals surface area contributed by atoms with Crippen LogP contribution in [0, 0.1) is 0 Å². The van der Waals surface area contributed by atoms with Crippen molar-refractivity contribution >= 4 is 5.82 Å². The summed E-state index contributed by atoms with van der Waals surface area (Å²) >= 11 is 0. The number of nitrogens with zero attached hydrogens (tertiary/aromatic N) is 4. The normalized spacial score (nSPS) is 10.7. The Morgan fingerprint density at radius 3 is 2.89 bits per heavy atom. The van der Waals surface area contributed by atoms with E-state index in [2.05, 4.69) is 15.1 Å². The van der Waals surface area contributed by atoms with Crippen molar-refractivity contribution in [1.29, 1.82) is 0 Å². The van der Waals surface area contributed by atoms with E-state index in [9.17, 15) is 0 Å². The number of rotatable bonds is 3. The fourth-order valence-electron chi connectivity index (χ4n) is 1.74. The molecular formula is C12H11N5O. The van der Waals surface area contributed by atoms with E-state index in [1.54, 1.807) is 31.0 Å². The van der Waals surface area contributed by atoms with Crippen LogP contribution < -0.4 is 5.73 Å². The fourth-order valence-corrected chi connectivity index (χ4v) is 1.74. The van der Waals surface area contributed by atoms with Crippen LogP contribution in [0.5, 0.6) is 0 Å². The predicted molar refractivity (Wildman–Crippen MR) is 65.5 cm³/mol. The molecule has 0 aliphatic rings. The van der Waals surface area contributed by atoms with Crippen molar-refractivity contribution < 1.29 is 4.52 Å². The van der Waals surface area contributed by atoms with E-state index < -0.39 is 0 Å². The Morgan fingerprint density at radius 1 is 1.22 bits per heavy atom. The van der Waals surface area contributed by atoms with Gasteiger partial charge in [-0.25, -0.2) is 9.97 Å². The van der Waals surface area contributed by atoms with Crippen LogP contribution in [0.25, 0.3) is 11.3 Å². The van der Waals surface area contributed by atoms with Gasteiger partial charge in [0.15, 0.2) is 5.76 Å². The van der Waals surface area contributed by atoms with Crippen LogP contribution in [0.1, 0.15) is 5.76 Å². The summed E-state index contributed by atoms with van der Waals surface area (Å²) in [5.74, 6) is 1.28. The van der Waals surface area contributed by atoms with E-state index in [1.165, 1.54) is 0 Å². The fraction of sp³-hybridized carbons (Fsp3) is 0.0833. The molecule has 0 unspecified atom stereocenters. The molecule has 6 nitrogen and oxygen atoms in total. The molecule has 0 bridgehead atoms. The molecule has 2 N–H and O–H groups in total.